The molecule has 2 aromatic carbocycles. The molecule has 1 fully saturated rings. The van der Waals surface area contributed by atoms with Crippen molar-refractivity contribution in [2.45, 2.75) is 32.3 Å². The fraction of sp³-hybridized carbons (Fsp3) is 0.500. The minimum Gasteiger partial charge on any atom is -0.495 e. The summed E-state index contributed by atoms with van der Waals surface area (Å²) in [7, 11) is 4.91. The molecule has 1 aliphatic rings. The van der Waals surface area contributed by atoms with Crippen LogP contribution in [-0.2, 0) is 5.60 Å². The van der Waals surface area contributed by atoms with Gasteiger partial charge < -0.3 is 24.4 Å². The monoisotopic (exact) mass is 508 g/mol. The molecule has 1 aliphatic heterocycles. The Kier molecular flexibility index (Phi) is 8.40. The van der Waals surface area contributed by atoms with E-state index in [4.69, 9.17) is 32.7 Å². The predicted molar refractivity (Wildman–Crippen MR) is 136 cm³/mol. The van der Waals surface area contributed by atoms with Gasteiger partial charge in [0.15, 0.2) is 0 Å². The second-order valence-electron chi connectivity index (χ2n) is 9.66. The molecule has 1 amide bonds. The summed E-state index contributed by atoms with van der Waals surface area (Å²) in [4.78, 5) is 16.4. The molecule has 3 rings (SSSR count). The molecule has 0 radical (unpaired) electrons. The van der Waals surface area contributed by atoms with E-state index in [-0.39, 0.29) is 11.3 Å². The minimum absolute atomic E-state index is 0.182. The molecule has 2 aromatic rings. The average Bonchev–Trinajstić information content (AvgIpc) is 2.79. The second-order valence-corrected chi connectivity index (χ2v) is 10.5. The zero-order chi connectivity index (χ0) is 25.1. The van der Waals surface area contributed by atoms with E-state index in [0.717, 1.165) is 31.6 Å². The number of carbonyl (C=O) groups excluding carboxylic acids is 1. The van der Waals surface area contributed by atoms with Crippen LogP contribution < -0.4 is 9.47 Å². The topological polar surface area (TPSA) is 62.2 Å². The number of benzene rings is 2. The summed E-state index contributed by atoms with van der Waals surface area (Å²) in [6.07, 6.45) is 1.41. The highest BCUT2D eigenvalue weighted by Gasteiger charge is 2.48. The third-order valence-electron chi connectivity index (χ3n) is 6.62. The first kappa shape index (κ1) is 26.6. The van der Waals surface area contributed by atoms with Crippen LogP contribution in [0.3, 0.4) is 0 Å². The molecular formula is C26H34Cl2N2O4. The number of piperidine rings is 1. The Bertz CT molecular complexity index is 1010. The van der Waals surface area contributed by atoms with Crippen LogP contribution in [0.2, 0.25) is 10.0 Å². The lowest BCUT2D eigenvalue weighted by Gasteiger charge is -2.50. The maximum absolute atomic E-state index is 12.6. The van der Waals surface area contributed by atoms with Gasteiger partial charge in [0, 0.05) is 50.2 Å². The number of rotatable bonds is 8. The van der Waals surface area contributed by atoms with Crippen LogP contribution in [0.25, 0.3) is 0 Å². The normalized spacial score (nSPS) is 20.1. The molecule has 1 unspecified atom stereocenters. The highest BCUT2D eigenvalue weighted by atomic mass is 35.5. The molecule has 1 heterocycles. The van der Waals surface area contributed by atoms with Gasteiger partial charge in [0.05, 0.1) is 29.9 Å². The SMILES string of the molecule is COc1cc(OCCCN2CCC(O)(c3ccc(Cl)cc3)C(C)(C)C2)c(C(=O)N(C)C)cc1Cl. The summed E-state index contributed by atoms with van der Waals surface area (Å²) in [5.74, 6) is 0.737. The van der Waals surface area contributed by atoms with E-state index in [1.807, 2.05) is 24.3 Å². The molecule has 34 heavy (non-hydrogen) atoms. The first-order valence-corrected chi connectivity index (χ1v) is 12.2. The van der Waals surface area contributed by atoms with E-state index >= 15 is 0 Å². The zero-order valence-corrected chi connectivity index (χ0v) is 22.0. The molecule has 8 heteroatoms. The third kappa shape index (κ3) is 5.62. The van der Waals surface area contributed by atoms with E-state index in [2.05, 4.69) is 18.7 Å². The van der Waals surface area contributed by atoms with E-state index in [9.17, 15) is 9.90 Å². The Morgan fingerprint density at radius 3 is 2.41 bits per heavy atom. The van der Waals surface area contributed by atoms with Gasteiger partial charge in [-0.15, -0.1) is 0 Å². The molecule has 0 saturated carbocycles. The van der Waals surface area contributed by atoms with Crippen molar-refractivity contribution in [2.24, 2.45) is 5.41 Å². The van der Waals surface area contributed by atoms with Gasteiger partial charge in [0.1, 0.15) is 11.5 Å². The standard InChI is InChI=1S/C26H34Cl2N2O4/c1-25(2)17-30(13-11-26(25,32)18-7-9-19(27)10-8-18)12-6-14-34-22-16-23(33-5)21(28)15-20(22)24(31)29(3)4/h7-10,15-16,32H,6,11-14,17H2,1-5H3. The quantitative estimate of drug-likeness (QED) is 0.503. The maximum atomic E-state index is 12.6. The van der Waals surface area contributed by atoms with Crippen LogP contribution in [0.4, 0.5) is 0 Å². The average molecular weight is 509 g/mol. The molecule has 0 aromatic heterocycles. The van der Waals surface area contributed by atoms with Crippen LogP contribution >= 0.6 is 23.2 Å². The Morgan fingerprint density at radius 1 is 1.15 bits per heavy atom. The van der Waals surface area contributed by atoms with Crippen LogP contribution in [0, 0.1) is 5.41 Å². The van der Waals surface area contributed by atoms with Crippen molar-refractivity contribution in [2.75, 3.05) is 47.4 Å². The van der Waals surface area contributed by atoms with Gasteiger partial charge >= 0.3 is 0 Å². The number of aliphatic hydroxyl groups is 1. The summed E-state index contributed by atoms with van der Waals surface area (Å²) < 4.78 is 11.3. The molecule has 0 bridgehead atoms. The van der Waals surface area contributed by atoms with Crippen molar-refractivity contribution in [1.82, 2.24) is 9.80 Å². The Morgan fingerprint density at radius 2 is 1.82 bits per heavy atom. The number of likely N-dealkylation sites (tertiary alicyclic amines) is 1. The number of ether oxygens (including phenoxy) is 2. The van der Waals surface area contributed by atoms with Gasteiger partial charge in [-0.2, -0.15) is 0 Å². The fourth-order valence-corrected chi connectivity index (χ4v) is 4.93. The van der Waals surface area contributed by atoms with Crippen molar-refractivity contribution < 1.29 is 19.4 Å². The van der Waals surface area contributed by atoms with Crippen LogP contribution in [0.5, 0.6) is 11.5 Å². The van der Waals surface area contributed by atoms with E-state index in [1.165, 1.54) is 12.0 Å². The van der Waals surface area contributed by atoms with Gasteiger partial charge in [-0.25, -0.2) is 0 Å². The molecule has 0 aliphatic carbocycles. The molecule has 0 spiro atoms. The molecule has 6 nitrogen and oxygen atoms in total. The summed E-state index contributed by atoms with van der Waals surface area (Å²) >= 11 is 12.3. The van der Waals surface area contributed by atoms with Crippen molar-refractivity contribution in [3.05, 3.63) is 57.6 Å². The first-order chi connectivity index (χ1) is 16.0. The van der Waals surface area contributed by atoms with Crippen molar-refractivity contribution in [3.8, 4) is 11.5 Å². The lowest BCUT2D eigenvalue weighted by molar-refractivity contribution is -0.125. The van der Waals surface area contributed by atoms with E-state index < -0.39 is 5.60 Å². The number of methoxy groups -OCH3 is 1. The van der Waals surface area contributed by atoms with Gasteiger partial charge in [-0.05, 0) is 36.6 Å². The maximum Gasteiger partial charge on any atom is 0.257 e. The zero-order valence-electron chi connectivity index (χ0n) is 20.5. The second kappa shape index (κ2) is 10.7. The Balaban J connectivity index is 1.61. The number of hydrogen-bond donors (Lipinski definition) is 1. The number of halogens is 2. The van der Waals surface area contributed by atoms with E-state index in [0.29, 0.717) is 40.1 Å². The van der Waals surface area contributed by atoms with Crippen molar-refractivity contribution >= 4 is 29.1 Å². The smallest absolute Gasteiger partial charge is 0.257 e. The number of amides is 1. The fourth-order valence-electron chi connectivity index (χ4n) is 4.57. The predicted octanol–water partition coefficient (Wildman–Crippen LogP) is 5.09. The summed E-state index contributed by atoms with van der Waals surface area (Å²) in [6.45, 7) is 7.00. The first-order valence-electron chi connectivity index (χ1n) is 11.4. The minimum atomic E-state index is -0.911. The number of nitrogens with zero attached hydrogens (tertiary/aromatic N) is 2. The van der Waals surface area contributed by atoms with Crippen molar-refractivity contribution in [3.63, 3.8) is 0 Å². The van der Waals surface area contributed by atoms with Gasteiger partial charge in [0.2, 0.25) is 0 Å². The summed E-state index contributed by atoms with van der Waals surface area (Å²) in [6, 6.07) is 10.7. The van der Waals surface area contributed by atoms with Gasteiger partial charge in [-0.3, -0.25) is 4.79 Å². The van der Waals surface area contributed by atoms with Crippen molar-refractivity contribution in [1.29, 1.82) is 0 Å². The Hall–Kier alpha value is -1.99. The summed E-state index contributed by atoms with van der Waals surface area (Å²) in [5, 5.41) is 12.6. The number of hydrogen-bond acceptors (Lipinski definition) is 5. The van der Waals surface area contributed by atoms with Crippen LogP contribution in [0.1, 0.15) is 42.6 Å². The Labute approximate surface area is 212 Å². The molecule has 186 valence electrons. The third-order valence-corrected chi connectivity index (χ3v) is 7.16. The highest BCUT2D eigenvalue weighted by Crippen LogP contribution is 2.46. The number of carbonyl (C=O) groups is 1. The van der Waals surface area contributed by atoms with Crippen LogP contribution in [0.15, 0.2) is 36.4 Å². The lowest BCUT2D eigenvalue weighted by Crippen LogP contribution is -2.55. The largest absolute Gasteiger partial charge is 0.495 e. The molecule has 1 saturated heterocycles. The van der Waals surface area contributed by atoms with Crippen LogP contribution in [-0.4, -0.2) is 68.3 Å². The van der Waals surface area contributed by atoms with Gasteiger partial charge in [0.25, 0.3) is 5.91 Å². The van der Waals surface area contributed by atoms with Gasteiger partial charge in [-0.1, -0.05) is 49.2 Å². The molecule has 1 atom stereocenters. The van der Waals surface area contributed by atoms with E-state index in [1.54, 1.807) is 26.2 Å². The highest BCUT2D eigenvalue weighted by molar-refractivity contribution is 6.32. The molecular weight excluding hydrogens is 475 g/mol. The lowest BCUT2D eigenvalue weighted by atomic mass is 9.66. The molecule has 1 N–H and O–H groups in total. The summed E-state index contributed by atoms with van der Waals surface area (Å²) in [5.41, 5.74) is 0.0586.